The molecular weight excluding hydrogens is 302 g/mol. The first-order valence-corrected chi connectivity index (χ1v) is 7.92. The van der Waals surface area contributed by atoms with Crippen LogP contribution in [0.2, 0.25) is 0 Å². The van der Waals surface area contributed by atoms with Crippen molar-refractivity contribution < 1.29 is 0 Å². The maximum absolute atomic E-state index is 3.68. The Hall–Kier alpha value is -0.420. The van der Waals surface area contributed by atoms with Crippen molar-refractivity contribution in [2.45, 2.75) is 25.4 Å². The number of likely N-dealkylation sites (tertiary alicyclic amines) is 1. The molecule has 0 aromatic heterocycles. The molecule has 1 aromatic rings. The van der Waals surface area contributed by atoms with Crippen molar-refractivity contribution in [1.29, 1.82) is 0 Å². The van der Waals surface area contributed by atoms with Gasteiger partial charge in [-0.15, -0.1) is 0 Å². The number of nitrogens with one attached hydrogen (secondary N) is 2. The molecule has 1 fully saturated rings. The van der Waals surface area contributed by atoms with Gasteiger partial charge in [-0.05, 0) is 50.7 Å². The van der Waals surface area contributed by atoms with Crippen LogP contribution < -0.4 is 10.6 Å². The van der Waals surface area contributed by atoms with Gasteiger partial charge >= 0.3 is 0 Å². The van der Waals surface area contributed by atoms with Gasteiger partial charge in [0.05, 0.1) is 0 Å². The Balaban J connectivity index is 1.68. The molecule has 1 aliphatic heterocycles. The van der Waals surface area contributed by atoms with E-state index in [0.717, 1.165) is 17.6 Å². The molecule has 1 aromatic carbocycles. The summed E-state index contributed by atoms with van der Waals surface area (Å²) in [7, 11) is 2.02. The Kier molecular flexibility index (Phi) is 6.31. The monoisotopic (exact) mass is 325 g/mol. The predicted octanol–water partition coefficient (Wildman–Crippen LogP) is 2.22. The zero-order valence-corrected chi connectivity index (χ0v) is 13.2. The molecule has 0 amide bonds. The summed E-state index contributed by atoms with van der Waals surface area (Å²) in [6.07, 6.45) is 2.52. The maximum atomic E-state index is 3.68. The van der Waals surface area contributed by atoms with E-state index in [1.54, 1.807) is 0 Å². The third kappa shape index (κ3) is 5.22. The smallest absolute Gasteiger partial charge is 0.0208 e. The van der Waals surface area contributed by atoms with E-state index in [2.05, 4.69) is 55.7 Å². The number of piperidine rings is 1. The summed E-state index contributed by atoms with van der Waals surface area (Å²) >= 11 is 3.52. The van der Waals surface area contributed by atoms with Crippen LogP contribution in [0.1, 0.15) is 18.4 Å². The van der Waals surface area contributed by atoms with Gasteiger partial charge in [0.25, 0.3) is 0 Å². The molecule has 1 heterocycles. The van der Waals surface area contributed by atoms with Gasteiger partial charge in [0.1, 0.15) is 0 Å². The number of hydrogen-bond acceptors (Lipinski definition) is 3. The molecule has 0 aliphatic carbocycles. The zero-order chi connectivity index (χ0) is 13.5. The zero-order valence-electron chi connectivity index (χ0n) is 11.7. The highest BCUT2D eigenvalue weighted by atomic mass is 79.9. The lowest BCUT2D eigenvalue weighted by molar-refractivity contribution is 0.199. The number of halogens is 1. The van der Waals surface area contributed by atoms with Gasteiger partial charge < -0.3 is 15.5 Å². The summed E-state index contributed by atoms with van der Waals surface area (Å²) < 4.78 is 1.16. The molecule has 4 heteroatoms. The van der Waals surface area contributed by atoms with Gasteiger partial charge in [-0.1, -0.05) is 28.1 Å². The van der Waals surface area contributed by atoms with Crippen LogP contribution in [-0.4, -0.2) is 44.2 Å². The molecule has 0 bridgehead atoms. The standard InChI is InChI=1S/C15H24BrN3/c1-17-7-10-19-8-5-15(6-9-19)18-12-13-3-2-4-14(16)11-13/h2-4,11,15,17-18H,5-10,12H2,1H3. The van der Waals surface area contributed by atoms with Gasteiger partial charge in [-0.25, -0.2) is 0 Å². The van der Waals surface area contributed by atoms with E-state index < -0.39 is 0 Å². The molecule has 0 spiro atoms. The first-order valence-electron chi connectivity index (χ1n) is 7.12. The Morgan fingerprint density at radius 2 is 2.11 bits per heavy atom. The van der Waals surface area contributed by atoms with Crippen molar-refractivity contribution >= 4 is 15.9 Å². The molecule has 2 rings (SSSR count). The van der Waals surface area contributed by atoms with Crippen molar-refractivity contribution in [3.05, 3.63) is 34.3 Å². The maximum Gasteiger partial charge on any atom is 0.0208 e. The van der Waals surface area contributed by atoms with Crippen LogP contribution >= 0.6 is 15.9 Å². The Morgan fingerprint density at radius 1 is 1.32 bits per heavy atom. The summed E-state index contributed by atoms with van der Waals surface area (Å²) in [6.45, 7) is 5.68. The Labute approximate surface area is 124 Å². The van der Waals surface area contributed by atoms with Crippen molar-refractivity contribution in [2.24, 2.45) is 0 Å². The number of nitrogens with zero attached hydrogens (tertiary/aromatic N) is 1. The van der Waals surface area contributed by atoms with E-state index in [1.165, 1.54) is 38.0 Å². The lowest BCUT2D eigenvalue weighted by atomic mass is 10.0. The Bertz CT molecular complexity index is 375. The fourth-order valence-electron chi connectivity index (χ4n) is 2.54. The van der Waals surface area contributed by atoms with E-state index >= 15 is 0 Å². The SMILES string of the molecule is CNCCN1CCC(NCc2cccc(Br)c2)CC1. The van der Waals surface area contributed by atoms with Gasteiger partial charge in [-0.3, -0.25) is 0 Å². The molecule has 106 valence electrons. The first-order chi connectivity index (χ1) is 9.28. The average Bonchev–Trinajstić information content (AvgIpc) is 2.44. The van der Waals surface area contributed by atoms with E-state index in [1.807, 2.05) is 7.05 Å². The van der Waals surface area contributed by atoms with Crippen LogP contribution in [0.3, 0.4) is 0 Å². The van der Waals surface area contributed by atoms with E-state index in [9.17, 15) is 0 Å². The molecule has 3 nitrogen and oxygen atoms in total. The fraction of sp³-hybridized carbons (Fsp3) is 0.600. The second-order valence-electron chi connectivity index (χ2n) is 5.23. The number of likely N-dealkylation sites (N-methyl/N-ethyl adjacent to an activating group) is 1. The normalized spacial score (nSPS) is 17.8. The topological polar surface area (TPSA) is 27.3 Å². The second kappa shape index (κ2) is 8.00. The molecule has 0 atom stereocenters. The van der Waals surface area contributed by atoms with E-state index in [4.69, 9.17) is 0 Å². The molecule has 1 saturated heterocycles. The highest BCUT2D eigenvalue weighted by molar-refractivity contribution is 9.10. The molecular formula is C15H24BrN3. The first kappa shape index (κ1) is 15.0. The van der Waals surface area contributed by atoms with E-state index in [-0.39, 0.29) is 0 Å². The molecule has 1 aliphatic rings. The number of rotatable bonds is 6. The van der Waals surface area contributed by atoms with Crippen LogP contribution in [0, 0.1) is 0 Å². The van der Waals surface area contributed by atoms with Crippen LogP contribution in [-0.2, 0) is 6.54 Å². The van der Waals surface area contributed by atoms with Crippen LogP contribution in [0.5, 0.6) is 0 Å². The van der Waals surface area contributed by atoms with Crippen molar-refractivity contribution in [1.82, 2.24) is 15.5 Å². The van der Waals surface area contributed by atoms with Gasteiger partial charge in [-0.2, -0.15) is 0 Å². The van der Waals surface area contributed by atoms with Gasteiger partial charge in [0, 0.05) is 30.1 Å². The summed E-state index contributed by atoms with van der Waals surface area (Å²) in [6, 6.07) is 9.21. The molecule has 2 N–H and O–H groups in total. The molecule has 0 saturated carbocycles. The fourth-order valence-corrected chi connectivity index (χ4v) is 2.99. The minimum absolute atomic E-state index is 0.671. The molecule has 0 unspecified atom stereocenters. The van der Waals surface area contributed by atoms with Crippen molar-refractivity contribution in [3.8, 4) is 0 Å². The van der Waals surface area contributed by atoms with E-state index in [0.29, 0.717) is 6.04 Å². The molecule has 19 heavy (non-hydrogen) atoms. The predicted molar refractivity (Wildman–Crippen MR) is 84.4 cm³/mol. The second-order valence-corrected chi connectivity index (χ2v) is 6.15. The molecule has 0 radical (unpaired) electrons. The summed E-state index contributed by atoms with van der Waals surface area (Å²) in [5.74, 6) is 0. The van der Waals surface area contributed by atoms with Crippen LogP contribution in [0.15, 0.2) is 28.7 Å². The summed E-state index contributed by atoms with van der Waals surface area (Å²) in [5, 5.41) is 6.90. The minimum Gasteiger partial charge on any atom is -0.318 e. The number of hydrogen-bond donors (Lipinski definition) is 2. The quantitative estimate of drug-likeness (QED) is 0.839. The van der Waals surface area contributed by atoms with Crippen LogP contribution in [0.25, 0.3) is 0 Å². The van der Waals surface area contributed by atoms with Crippen LogP contribution in [0.4, 0.5) is 0 Å². The van der Waals surface area contributed by atoms with Crippen molar-refractivity contribution in [3.63, 3.8) is 0 Å². The number of benzene rings is 1. The third-order valence-electron chi connectivity index (χ3n) is 3.75. The summed E-state index contributed by atoms with van der Waals surface area (Å²) in [4.78, 5) is 2.55. The lowest BCUT2D eigenvalue weighted by Crippen LogP contribution is -2.44. The Morgan fingerprint density at radius 3 is 2.79 bits per heavy atom. The minimum atomic E-state index is 0.671. The van der Waals surface area contributed by atoms with Gasteiger partial charge in [0.2, 0.25) is 0 Å². The summed E-state index contributed by atoms with van der Waals surface area (Å²) in [5.41, 5.74) is 1.35. The van der Waals surface area contributed by atoms with Gasteiger partial charge in [0.15, 0.2) is 0 Å². The largest absolute Gasteiger partial charge is 0.318 e. The van der Waals surface area contributed by atoms with Crippen molar-refractivity contribution in [2.75, 3.05) is 33.2 Å². The third-order valence-corrected chi connectivity index (χ3v) is 4.24. The highest BCUT2D eigenvalue weighted by Gasteiger charge is 2.17. The lowest BCUT2D eigenvalue weighted by Gasteiger charge is -2.32. The highest BCUT2D eigenvalue weighted by Crippen LogP contribution is 2.13. The average molecular weight is 326 g/mol.